The number of piperidine rings is 1. The normalized spacial score (nSPS) is 15.1. The van der Waals surface area contributed by atoms with Gasteiger partial charge in [0.25, 0.3) is 0 Å². The van der Waals surface area contributed by atoms with Gasteiger partial charge in [-0.1, -0.05) is 54.0 Å². The van der Waals surface area contributed by atoms with Crippen LogP contribution in [0.4, 0.5) is 13.2 Å². The minimum absolute atomic E-state index is 0.0390. The van der Waals surface area contributed by atoms with E-state index in [2.05, 4.69) is 17.1 Å². The third kappa shape index (κ3) is 5.53. The molecule has 180 valence electrons. The Morgan fingerprint density at radius 3 is 2.53 bits per heavy atom. The molecule has 0 aliphatic carbocycles. The number of thioether (sulfide) groups is 1. The molecule has 1 saturated heterocycles. The Kier molecular flexibility index (Phi) is 7.45. The van der Waals surface area contributed by atoms with Crippen LogP contribution in [0.2, 0.25) is 10.0 Å². The van der Waals surface area contributed by atoms with Crippen LogP contribution in [0.25, 0.3) is 17.1 Å². The molecule has 1 aliphatic rings. The molecule has 0 spiro atoms. The van der Waals surface area contributed by atoms with Crippen LogP contribution in [0.3, 0.4) is 0 Å². The highest BCUT2D eigenvalue weighted by Gasteiger charge is 2.34. The quantitative estimate of drug-likeness (QED) is 0.349. The van der Waals surface area contributed by atoms with Crippen molar-refractivity contribution in [3.8, 4) is 17.1 Å². The minimum atomic E-state index is -4.63. The summed E-state index contributed by atoms with van der Waals surface area (Å²) in [5.41, 5.74) is -0.211. The van der Waals surface area contributed by atoms with Crippen molar-refractivity contribution in [1.82, 2.24) is 19.7 Å². The van der Waals surface area contributed by atoms with Gasteiger partial charge in [0.2, 0.25) is 5.91 Å². The Morgan fingerprint density at radius 1 is 1.12 bits per heavy atom. The van der Waals surface area contributed by atoms with Gasteiger partial charge >= 0.3 is 6.18 Å². The number of amides is 1. The third-order valence-corrected chi connectivity index (χ3v) is 7.17. The van der Waals surface area contributed by atoms with Gasteiger partial charge < -0.3 is 4.90 Å². The van der Waals surface area contributed by atoms with Crippen molar-refractivity contribution in [2.24, 2.45) is 5.92 Å². The van der Waals surface area contributed by atoms with E-state index in [9.17, 15) is 18.0 Å². The predicted molar refractivity (Wildman–Crippen MR) is 128 cm³/mol. The second-order valence-corrected chi connectivity index (χ2v) is 9.95. The van der Waals surface area contributed by atoms with Crippen LogP contribution < -0.4 is 0 Å². The van der Waals surface area contributed by atoms with Crippen molar-refractivity contribution in [3.63, 3.8) is 0 Å². The van der Waals surface area contributed by atoms with Crippen LogP contribution >= 0.6 is 35.0 Å². The lowest BCUT2D eigenvalue weighted by Gasteiger charge is -2.30. The van der Waals surface area contributed by atoms with Crippen LogP contribution in [-0.2, 0) is 11.0 Å². The first-order valence-electron chi connectivity index (χ1n) is 10.6. The first-order chi connectivity index (χ1) is 16.1. The van der Waals surface area contributed by atoms with Crippen molar-refractivity contribution >= 4 is 40.9 Å². The Labute approximate surface area is 209 Å². The standard InChI is InChI=1S/C23H21Cl2F3N4OS/c1-14-7-9-31(10-8-14)20(33)13-34-22-30-29-21(15-3-2-4-16(24)11-15)32(22)17-5-6-19(25)18(12-17)23(26,27)28/h2-6,11-12,14H,7-10,13H2,1H3. The highest BCUT2D eigenvalue weighted by atomic mass is 35.5. The summed E-state index contributed by atoms with van der Waals surface area (Å²) >= 11 is 13.1. The second-order valence-electron chi connectivity index (χ2n) is 8.17. The highest BCUT2D eigenvalue weighted by Crippen LogP contribution is 2.37. The summed E-state index contributed by atoms with van der Waals surface area (Å²) in [7, 11) is 0. The van der Waals surface area contributed by atoms with Gasteiger partial charge in [-0.3, -0.25) is 9.36 Å². The average Bonchev–Trinajstić information content (AvgIpc) is 3.21. The van der Waals surface area contributed by atoms with Gasteiger partial charge in [0, 0.05) is 23.7 Å². The Hall–Kier alpha value is -2.23. The van der Waals surface area contributed by atoms with Crippen molar-refractivity contribution < 1.29 is 18.0 Å². The van der Waals surface area contributed by atoms with E-state index < -0.39 is 16.8 Å². The number of likely N-dealkylation sites (tertiary alicyclic amines) is 1. The van der Waals surface area contributed by atoms with Gasteiger partial charge in [0.05, 0.1) is 22.0 Å². The molecule has 11 heteroatoms. The SMILES string of the molecule is CC1CCN(C(=O)CSc2nnc(-c3cccc(Cl)c3)n2-c2ccc(Cl)c(C(F)(F)F)c2)CC1. The topological polar surface area (TPSA) is 51.0 Å². The summed E-state index contributed by atoms with van der Waals surface area (Å²) in [6, 6.07) is 10.4. The molecule has 0 bridgehead atoms. The molecule has 5 nitrogen and oxygen atoms in total. The maximum absolute atomic E-state index is 13.5. The van der Waals surface area contributed by atoms with Crippen LogP contribution in [-0.4, -0.2) is 44.4 Å². The van der Waals surface area contributed by atoms with Crippen LogP contribution in [0.15, 0.2) is 47.6 Å². The van der Waals surface area contributed by atoms with E-state index in [-0.39, 0.29) is 17.3 Å². The fourth-order valence-corrected chi connectivity index (χ4v) is 5.03. The zero-order valence-electron chi connectivity index (χ0n) is 18.1. The van der Waals surface area contributed by atoms with Crippen LogP contribution in [0.5, 0.6) is 0 Å². The number of hydrogen-bond donors (Lipinski definition) is 0. The Morgan fingerprint density at radius 2 is 1.85 bits per heavy atom. The average molecular weight is 529 g/mol. The van der Waals surface area contributed by atoms with Gasteiger partial charge in [-0.05, 0) is 49.1 Å². The van der Waals surface area contributed by atoms with Crippen molar-refractivity contribution in [2.75, 3.05) is 18.8 Å². The lowest BCUT2D eigenvalue weighted by molar-refractivity contribution is -0.137. The summed E-state index contributed by atoms with van der Waals surface area (Å²) in [5.74, 6) is 0.956. The molecule has 4 rings (SSSR count). The summed E-state index contributed by atoms with van der Waals surface area (Å²) in [5, 5.41) is 8.74. The van der Waals surface area contributed by atoms with Crippen LogP contribution in [0.1, 0.15) is 25.3 Å². The number of alkyl halides is 3. The van der Waals surface area contributed by atoms with E-state index in [1.165, 1.54) is 16.7 Å². The molecular weight excluding hydrogens is 508 g/mol. The molecule has 1 aliphatic heterocycles. The molecule has 0 unspecified atom stereocenters. The molecule has 3 aromatic rings. The van der Waals surface area contributed by atoms with Crippen molar-refractivity contribution in [1.29, 1.82) is 0 Å². The molecule has 1 fully saturated rings. The van der Waals surface area contributed by atoms with Gasteiger partial charge in [-0.2, -0.15) is 13.2 Å². The lowest BCUT2D eigenvalue weighted by atomic mass is 9.99. The van der Waals surface area contributed by atoms with Gasteiger partial charge in [-0.25, -0.2) is 0 Å². The van der Waals surface area contributed by atoms with Gasteiger partial charge in [0.15, 0.2) is 11.0 Å². The zero-order valence-corrected chi connectivity index (χ0v) is 20.5. The summed E-state index contributed by atoms with van der Waals surface area (Å²) in [6.07, 6.45) is -2.72. The molecule has 0 radical (unpaired) electrons. The third-order valence-electron chi connectivity index (χ3n) is 5.69. The molecule has 2 aromatic carbocycles. The summed E-state index contributed by atoms with van der Waals surface area (Å²) in [6.45, 7) is 3.57. The van der Waals surface area contributed by atoms with E-state index in [0.29, 0.717) is 40.6 Å². The zero-order chi connectivity index (χ0) is 24.5. The van der Waals surface area contributed by atoms with E-state index >= 15 is 0 Å². The first-order valence-corrected chi connectivity index (χ1v) is 12.4. The second kappa shape index (κ2) is 10.2. The monoisotopic (exact) mass is 528 g/mol. The molecule has 0 atom stereocenters. The molecule has 1 aromatic heterocycles. The molecule has 0 saturated carbocycles. The molecule has 34 heavy (non-hydrogen) atoms. The number of carbonyl (C=O) groups excluding carboxylic acids is 1. The molecule has 0 N–H and O–H groups in total. The van der Waals surface area contributed by atoms with Crippen molar-refractivity contribution in [2.45, 2.75) is 31.1 Å². The number of nitrogens with zero attached hydrogens (tertiary/aromatic N) is 4. The van der Waals surface area contributed by atoms with E-state index in [1.807, 2.05) is 4.90 Å². The number of hydrogen-bond acceptors (Lipinski definition) is 4. The number of benzene rings is 2. The lowest BCUT2D eigenvalue weighted by Crippen LogP contribution is -2.38. The van der Waals surface area contributed by atoms with Gasteiger partial charge in [-0.15, -0.1) is 10.2 Å². The molecule has 2 heterocycles. The Balaban J connectivity index is 1.70. The number of halogens is 5. The predicted octanol–water partition coefficient (Wildman–Crippen LogP) is 6.61. The maximum Gasteiger partial charge on any atom is 0.417 e. The fraction of sp³-hybridized carbons (Fsp3) is 0.348. The smallest absolute Gasteiger partial charge is 0.342 e. The number of carbonyl (C=O) groups is 1. The summed E-state index contributed by atoms with van der Waals surface area (Å²) in [4.78, 5) is 14.6. The van der Waals surface area contributed by atoms with E-state index in [4.69, 9.17) is 23.2 Å². The number of rotatable bonds is 5. The molecular formula is C23H21Cl2F3N4OS. The minimum Gasteiger partial charge on any atom is -0.342 e. The summed E-state index contributed by atoms with van der Waals surface area (Å²) < 4.78 is 42.1. The Bertz CT molecular complexity index is 1190. The van der Waals surface area contributed by atoms with Crippen LogP contribution in [0, 0.1) is 5.92 Å². The van der Waals surface area contributed by atoms with Gasteiger partial charge in [0.1, 0.15) is 0 Å². The highest BCUT2D eigenvalue weighted by molar-refractivity contribution is 7.99. The first kappa shape index (κ1) is 24.9. The van der Waals surface area contributed by atoms with E-state index in [1.54, 1.807) is 24.3 Å². The largest absolute Gasteiger partial charge is 0.417 e. The van der Waals surface area contributed by atoms with Crippen molar-refractivity contribution in [3.05, 3.63) is 58.1 Å². The maximum atomic E-state index is 13.5. The number of aromatic nitrogens is 3. The van der Waals surface area contributed by atoms with E-state index in [0.717, 1.165) is 30.7 Å². The fourth-order valence-electron chi connectivity index (χ4n) is 3.76. The molecule has 1 amide bonds.